The maximum absolute atomic E-state index is 14.0. The second kappa shape index (κ2) is 9.58. The minimum absolute atomic E-state index is 0.120. The molecule has 0 aliphatic heterocycles. The Morgan fingerprint density at radius 1 is 1.26 bits per heavy atom. The number of halogens is 2. The van der Waals surface area contributed by atoms with Crippen LogP contribution in [-0.4, -0.2) is 43.3 Å². The van der Waals surface area contributed by atoms with Gasteiger partial charge in [0, 0.05) is 25.0 Å². The van der Waals surface area contributed by atoms with Gasteiger partial charge in [-0.25, -0.2) is 13.8 Å². The molecule has 0 saturated carbocycles. The number of aromatic nitrogens is 4. The number of amides is 1. The number of nitrogens with zero attached hydrogens (tertiary/aromatic N) is 5. The van der Waals surface area contributed by atoms with Gasteiger partial charge >= 0.3 is 0 Å². The maximum atomic E-state index is 14.0. The molecule has 1 amide bonds. The van der Waals surface area contributed by atoms with Crippen molar-refractivity contribution in [1.82, 2.24) is 24.5 Å². The number of pyridine rings is 1. The molecule has 3 aromatic heterocycles. The summed E-state index contributed by atoms with van der Waals surface area (Å²) in [6, 6.07) is 6.68. The fourth-order valence-corrected chi connectivity index (χ4v) is 3.80. The summed E-state index contributed by atoms with van der Waals surface area (Å²) in [4.78, 5) is 28.9. The number of carbonyl (C=O) groups excluding carboxylic acids is 1. The number of rotatable bonds is 9. The number of imidazole rings is 1. The van der Waals surface area contributed by atoms with Crippen molar-refractivity contribution < 1.29 is 23.4 Å². The quantitative estimate of drug-likeness (QED) is 0.352. The van der Waals surface area contributed by atoms with E-state index in [1.807, 2.05) is 0 Å². The highest BCUT2D eigenvalue weighted by Crippen LogP contribution is 2.26. The Morgan fingerprint density at radius 2 is 2.00 bits per heavy atom. The van der Waals surface area contributed by atoms with Crippen LogP contribution in [0.25, 0.3) is 5.65 Å². The first kappa shape index (κ1) is 24.0. The predicted molar refractivity (Wildman–Crippen MR) is 121 cm³/mol. The Kier molecular flexibility index (Phi) is 6.56. The zero-order valence-electron chi connectivity index (χ0n) is 18.9. The number of benzene rings is 1. The van der Waals surface area contributed by atoms with Crippen molar-refractivity contribution in [1.29, 1.82) is 0 Å². The molecule has 2 N–H and O–H groups in total. The van der Waals surface area contributed by atoms with E-state index < -0.39 is 36.2 Å². The summed E-state index contributed by atoms with van der Waals surface area (Å²) in [5.74, 6) is -1.91. The molecular formula is C23H22F2N6O4. The second-order valence-corrected chi connectivity index (χ2v) is 7.98. The molecule has 10 nitrogen and oxygen atoms in total. The highest BCUT2D eigenvalue weighted by molar-refractivity contribution is 5.95. The standard InChI is InChI=1S/C23H22F2N6O4/c1-14-20(22(33)29-23(13-32,12-27-34)15-9-26-30(2)10-15)31-8-4-7-19(21(31)28-14)35-11-16-17(24)5-3-6-18(16)25/h3-10,32H,11-13H2,1-2H3,(H,29,33). The van der Waals surface area contributed by atoms with Crippen LogP contribution in [0, 0.1) is 23.5 Å². The van der Waals surface area contributed by atoms with E-state index >= 15 is 0 Å². The average molecular weight is 484 g/mol. The number of hydrogen-bond acceptors (Lipinski definition) is 7. The lowest BCUT2D eigenvalue weighted by Gasteiger charge is -2.29. The maximum Gasteiger partial charge on any atom is 0.271 e. The molecule has 0 aliphatic rings. The lowest BCUT2D eigenvalue weighted by Crippen LogP contribution is -2.51. The lowest BCUT2D eigenvalue weighted by atomic mass is 9.93. The van der Waals surface area contributed by atoms with Crippen molar-refractivity contribution in [2.75, 3.05) is 13.2 Å². The average Bonchev–Trinajstić information content (AvgIpc) is 3.41. The fourth-order valence-electron chi connectivity index (χ4n) is 3.80. The lowest BCUT2D eigenvalue weighted by molar-refractivity contribution is 0.0830. The summed E-state index contributed by atoms with van der Waals surface area (Å²) >= 11 is 0. The monoisotopic (exact) mass is 484 g/mol. The summed E-state index contributed by atoms with van der Waals surface area (Å²) < 4.78 is 36.5. The van der Waals surface area contributed by atoms with Crippen LogP contribution in [0.4, 0.5) is 8.78 Å². The molecular weight excluding hydrogens is 462 g/mol. The number of nitroso groups, excluding NO2 is 1. The number of ether oxygens (including phenoxy) is 1. The van der Waals surface area contributed by atoms with Gasteiger partial charge in [-0.1, -0.05) is 11.2 Å². The fraction of sp³-hybridized carbons (Fsp3) is 0.261. The van der Waals surface area contributed by atoms with Crippen molar-refractivity contribution in [3.63, 3.8) is 0 Å². The van der Waals surface area contributed by atoms with E-state index in [-0.39, 0.29) is 29.3 Å². The van der Waals surface area contributed by atoms with E-state index in [0.29, 0.717) is 11.3 Å². The Morgan fingerprint density at radius 3 is 2.63 bits per heavy atom. The van der Waals surface area contributed by atoms with Gasteiger partial charge in [0.15, 0.2) is 11.4 Å². The molecule has 3 heterocycles. The zero-order valence-corrected chi connectivity index (χ0v) is 18.9. The molecule has 1 aromatic carbocycles. The molecule has 35 heavy (non-hydrogen) atoms. The number of hydrogen-bond donors (Lipinski definition) is 2. The molecule has 4 aromatic rings. The van der Waals surface area contributed by atoms with Gasteiger partial charge < -0.3 is 15.2 Å². The van der Waals surface area contributed by atoms with Crippen LogP contribution >= 0.6 is 0 Å². The third-order valence-electron chi connectivity index (χ3n) is 5.65. The van der Waals surface area contributed by atoms with Crippen LogP contribution in [0.15, 0.2) is 54.1 Å². The summed E-state index contributed by atoms with van der Waals surface area (Å²) in [6.45, 7) is 0.184. The largest absolute Gasteiger partial charge is 0.485 e. The number of aryl methyl sites for hydroxylation is 2. The third kappa shape index (κ3) is 4.47. The van der Waals surface area contributed by atoms with Gasteiger partial charge in [0.25, 0.3) is 5.91 Å². The van der Waals surface area contributed by atoms with Crippen molar-refractivity contribution in [3.8, 4) is 5.75 Å². The smallest absolute Gasteiger partial charge is 0.271 e. The van der Waals surface area contributed by atoms with Crippen molar-refractivity contribution in [2.24, 2.45) is 12.2 Å². The van der Waals surface area contributed by atoms with Gasteiger partial charge in [0.2, 0.25) is 0 Å². The van der Waals surface area contributed by atoms with Gasteiger partial charge in [0.1, 0.15) is 36.0 Å². The summed E-state index contributed by atoms with van der Waals surface area (Å²) in [6.07, 6.45) is 4.57. The van der Waals surface area contributed by atoms with Gasteiger partial charge in [-0.05, 0) is 31.2 Å². The Bertz CT molecular complexity index is 1380. The molecule has 1 atom stereocenters. The minimum atomic E-state index is -1.50. The van der Waals surface area contributed by atoms with Crippen LogP contribution in [-0.2, 0) is 19.2 Å². The molecule has 182 valence electrons. The van der Waals surface area contributed by atoms with Gasteiger partial charge in [-0.3, -0.25) is 13.9 Å². The van der Waals surface area contributed by atoms with Crippen molar-refractivity contribution in [2.45, 2.75) is 19.1 Å². The number of nitrogens with one attached hydrogen (secondary N) is 1. The first-order chi connectivity index (χ1) is 16.8. The highest BCUT2D eigenvalue weighted by Gasteiger charge is 2.37. The molecule has 0 bridgehead atoms. The van der Waals surface area contributed by atoms with Crippen LogP contribution in [0.3, 0.4) is 0 Å². The SMILES string of the molecule is Cc1nc2c(OCc3c(F)cccc3F)cccn2c1C(=O)NC(CO)(CN=O)c1cnn(C)c1. The molecule has 0 aliphatic carbocycles. The van der Waals surface area contributed by atoms with E-state index in [4.69, 9.17) is 4.74 Å². The topological polar surface area (TPSA) is 123 Å². The van der Waals surface area contributed by atoms with E-state index in [1.165, 1.54) is 21.3 Å². The Labute approximate surface area is 198 Å². The number of aliphatic hydroxyl groups is 1. The molecule has 0 fully saturated rings. The summed E-state index contributed by atoms with van der Waals surface area (Å²) in [5, 5.41) is 19.8. The molecule has 12 heteroatoms. The molecule has 0 saturated heterocycles. The summed E-state index contributed by atoms with van der Waals surface area (Å²) in [7, 11) is 1.66. The van der Waals surface area contributed by atoms with E-state index in [9.17, 15) is 23.6 Å². The Balaban J connectivity index is 1.67. The Hall–Kier alpha value is -4.19. The number of aliphatic hydroxyl groups excluding tert-OH is 1. The van der Waals surface area contributed by atoms with Gasteiger partial charge in [-0.2, -0.15) is 10.0 Å². The van der Waals surface area contributed by atoms with E-state index in [2.05, 4.69) is 20.6 Å². The summed E-state index contributed by atoms with van der Waals surface area (Å²) in [5.41, 5.74) is -0.640. The third-order valence-corrected chi connectivity index (χ3v) is 5.65. The van der Waals surface area contributed by atoms with Crippen LogP contribution in [0.1, 0.15) is 27.3 Å². The second-order valence-electron chi connectivity index (χ2n) is 7.98. The molecule has 4 rings (SSSR count). The normalized spacial score (nSPS) is 12.9. The van der Waals surface area contributed by atoms with Crippen LogP contribution < -0.4 is 10.1 Å². The molecule has 0 spiro atoms. The van der Waals surface area contributed by atoms with E-state index in [0.717, 1.165) is 12.1 Å². The minimum Gasteiger partial charge on any atom is -0.485 e. The van der Waals surface area contributed by atoms with Crippen molar-refractivity contribution >= 4 is 11.6 Å². The van der Waals surface area contributed by atoms with Crippen LogP contribution in [0.5, 0.6) is 5.75 Å². The first-order valence-corrected chi connectivity index (χ1v) is 10.5. The number of fused-ring (bicyclic) bond motifs is 1. The van der Waals surface area contributed by atoms with Crippen LogP contribution in [0.2, 0.25) is 0 Å². The first-order valence-electron chi connectivity index (χ1n) is 10.5. The van der Waals surface area contributed by atoms with E-state index in [1.54, 1.807) is 38.5 Å². The zero-order chi connectivity index (χ0) is 25.2. The van der Waals surface area contributed by atoms with Gasteiger partial charge in [-0.15, -0.1) is 0 Å². The molecule has 0 radical (unpaired) electrons. The number of carbonyl (C=O) groups is 1. The predicted octanol–water partition coefficient (Wildman–Crippen LogP) is 2.62. The highest BCUT2D eigenvalue weighted by atomic mass is 19.1. The van der Waals surface area contributed by atoms with Gasteiger partial charge in [0.05, 0.1) is 24.1 Å². The van der Waals surface area contributed by atoms with Crippen molar-refractivity contribution in [3.05, 3.63) is 88.0 Å². The molecule has 1 unspecified atom stereocenters.